The number of sulfonamides is 1. The largest absolute Gasteiger partial charge is 0.450 e. The van der Waals surface area contributed by atoms with Gasteiger partial charge in [-0.25, -0.2) is 31.2 Å². The zero-order chi connectivity index (χ0) is 36.7. The normalized spacial score (nSPS) is 28.8. The smallest absolute Gasteiger partial charge is 0.410 e. The molecular formula is C33H38F3N5O9S. The molecule has 5 atom stereocenters. The van der Waals surface area contributed by atoms with Gasteiger partial charge in [0.2, 0.25) is 28.3 Å². The van der Waals surface area contributed by atoms with Gasteiger partial charge in [0, 0.05) is 24.3 Å². The molecule has 1 saturated heterocycles. The highest BCUT2D eigenvalue weighted by atomic mass is 32.2. The second kappa shape index (κ2) is 14.2. The maximum atomic E-state index is 14.8. The molecule has 5 aliphatic rings. The van der Waals surface area contributed by atoms with Crippen molar-refractivity contribution in [3.63, 3.8) is 0 Å². The zero-order valence-corrected chi connectivity index (χ0v) is 28.3. The molecule has 51 heavy (non-hydrogen) atoms. The fourth-order valence-corrected chi connectivity index (χ4v) is 8.10. The lowest BCUT2D eigenvalue weighted by molar-refractivity contribution is -0.141. The van der Waals surface area contributed by atoms with E-state index in [4.69, 9.17) is 9.47 Å². The Morgan fingerprint density at radius 2 is 1.90 bits per heavy atom. The molecule has 6 rings (SSSR count). The predicted octanol–water partition coefficient (Wildman–Crippen LogP) is 2.47. The van der Waals surface area contributed by atoms with Gasteiger partial charge in [-0.3, -0.25) is 24.0 Å². The Balaban J connectivity index is 1.27. The number of benzene rings is 1. The Labute approximate surface area is 291 Å². The van der Waals surface area contributed by atoms with Crippen LogP contribution in [0.3, 0.4) is 0 Å². The molecule has 18 heteroatoms. The summed E-state index contributed by atoms with van der Waals surface area (Å²) in [6.07, 6.45) is -1.30. The standard InChI is InChI=1S/C33H38F3N5O9S/c1-2-19-14-33(19,30(44)39-51(47,48)21-8-9-21)38-28(42)26-12-20-15-41(26)29(43)25(13-27(35)36)37-31(45)49-11-5-3-4-6-18-7-10-24(34)23-17-40(16-22(18)23)32(46)50-20/h2,4,6-7,10,19-21,25-27H,1,3,5,8-9,11-17H2,(H,37,45)(H,38,42)(H,39,44)/b6-4+/t19-,20+,25-,26-,33+/m0/s1. The van der Waals surface area contributed by atoms with Crippen LogP contribution in [-0.4, -0.2) is 96.7 Å². The molecule has 0 unspecified atom stereocenters. The minimum absolute atomic E-state index is 0.00198. The van der Waals surface area contributed by atoms with Crippen LogP contribution in [0.2, 0.25) is 0 Å². The molecule has 3 fully saturated rings. The van der Waals surface area contributed by atoms with Crippen LogP contribution in [0.4, 0.5) is 22.8 Å². The van der Waals surface area contributed by atoms with E-state index in [1.54, 1.807) is 18.2 Å². The van der Waals surface area contributed by atoms with E-state index in [2.05, 4.69) is 17.2 Å². The van der Waals surface area contributed by atoms with Crippen LogP contribution in [0.15, 0.2) is 30.9 Å². The van der Waals surface area contributed by atoms with Gasteiger partial charge in [0.25, 0.3) is 5.91 Å². The van der Waals surface area contributed by atoms with E-state index in [1.807, 2.05) is 4.72 Å². The van der Waals surface area contributed by atoms with Crippen LogP contribution >= 0.6 is 0 Å². The quantitative estimate of drug-likeness (QED) is 0.338. The number of nitrogens with zero attached hydrogens (tertiary/aromatic N) is 2. The second-order valence-electron chi connectivity index (χ2n) is 13.4. The van der Waals surface area contributed by atoms with E-state index >= 15 is 0 Å². The summed E-state index contributed by atoms with van der Waals surface area (Å²) < 4.78 is 80.2. The van der Waals surface area contributed by atoms with E-state index in [9.17, 15) is 45.6 Å². The van der Waals surface area contributed by atoms with Gasteiger partial charge in [0.1, 0.15) is 29.5 Å². The minimum Gasteiger partial charge on any atom is -0.450 e. The van der Waals surface area contributed by atoms with E-state index < -0.39 is 100 Å². The van der Waals surface area contributed by atoms with Crippen molar-refractivity contribution in [2.75, 3.05) is 13.2 Å². The van der Waals surface area contributed by atoms with Gasteiger partial charge in [-0.1, -0.05) is 24.3 Å². The van der Waals surface area contributed by atoms with Crippen LogP contribution in [0.5, 0.6) is 0 Å². The number of carbonyl (C=O) groups excluding carboxylic acids is 5. The van der Waals surface area contributed by atoms with Gasteiger partial charge in [-0.2, -0.15) is 0 Å². The van der Waals surface area contributed by atoms with Gasteiger partial charge in [-0.05, 0) is 49.3 Å². The SMILES string of the molecule is C=C[C@H]1C[C@]1(NC(=O)[C@@H]1C[C@@H]2CN1C(=O)[C@H](CC(F)F)NC(=O)OCCC/C=C/c1ccc(F)c3c1CN(C3)C(=O)O2)C(=O)NS(=O)(=O)C1CC1. The Morgan fingerprint density at radius 3 is 2.59 bits per heavy atom. The number of allylic oxidation sites excluding steroid dienone is 1. The lowest BCUT2D eigenvalue weighted by Crippen LogP contribution is -2.58. The lowest BCUT2D eigenvalue weighted by atomic mass is 10.0. The van der Waals surface area contributed by atoms with Gasteiger partial charge in [0.05, 0.1) is 31.5 Å². The predicted molar refractivity (Wildman–Crippen MR) is 172 cm³/mol. The van der Waals surface area contributed by atoms with Crippen molar-refractivity contribution in [1.82, 2.24) is 25.2 Å². The summed E-state index contributed by atoms with van der Waals surface area (Å²) in [5.41, 5.74) is -0.187. The molecular weight excluding hydrogens is 699 g/mol. The van der Waals surface area contributed by atoms with E-state index in [0.29, 0.717) is 42.4 Å². The molecule has 3 heterocycles. The van der Waals surface area contributed by atoms with Gasteiger partial charge >= 0.3 is 12.2 Å². The first-order valence-electron chi connectivity index (χ1n) is 16.7. The van der Waals surface area contributed by atoms with Gasteiger partial charge < -0.3 is 25.0 Å². The number of amides is 5. The third kappa shape index (κ3) is 7.69. The molecule has 276 valence electrons. The van der Waals surface area contributed by atoms with Gasteiger partial charge in [-0.15, -0.1) is 6.58 Å². The molecule has 1 aromatic carbocycles. The Kier molecular flexibility index (Phi) is 10.1. The van der Waals surface area contributed by atoms with Crippen LogP contribution in [0.1, 0.15) is 61.6 Å². The van der Waals surface area contributed by atoms with Crippen molar-refractivity contribution >= 4 is 46.0 Å². The van der Waals surface area contributed by atoms with E-state index in [-0.39, 0.29) is 32.5 Å². The van der Waals surface area contributed by atoms with Crippen molar-refractivity contribution < 1.29 is 55.0 Å². The molecule has 0 spiro atoms. The highest BCUT2D eigenvalue weighted by molar-refractivity contribution is 7.91. The van der Waals surface area contributed by atoms with Crippen molar-refractivity contribution in [3.05, 3.63) is 53.4 Å². The lowest BCUT2D eigenvalue weighted by Gasteiger charge is -2.29. The third-order valence-corrected chi connectivity index (χ3v) is 11.6. The fourth-order valence-electron chi connectivity index (χ4n) is 6.73. The number of fused-ring (bicyclic) bond motifs is 3. The van der Waals surface area contributed by atoms with Crippen LogP contribution in [-0.2, 0) is 47.0 Å². The van der Waals surface area contributed by atoms with Crippen LogP contribution in [0.25, 0.3) is 6.08 Å². The molecule has 0 radical (unpaired) electrons. The zero-order valence-electron chi connectivity index (χ0n) is 27.4. The maximum absolute atomic E-state index is 14.8. The Morgan fingerprint density at radius 1 is 1.16 bits per heavy atom. The third-order valence-electron chi connectivity index (χ3n) is 9.78. The summed E-state index contributed by atoms with van der Waals surface area (Å²) in [5, 5.41) is 3.98. The second-order valence-corrected chi connectivity index (χ2v) is 15.3. The summed E-state index contributed by atoms with van der Waals surface area (Å²) in [7, 11) is -4.00. The minimum atomic E-state index is -4.00. The summed E-state index contributed by atoms with van der Waals surface area (Å²) in [6.45, 7) is 2.97. The number of alkyl halides is 2. The van der Waals surface area contributed by atoms with Crippen LogP contribution in [0, 0.1) is 11.7 Å². The van der Waals surface area contributed by atoms with E-state index in [0.717, 1.165) is 4.90 Å². The monoisotopic (exact) mass is 737 g/mol. The Hall–Kier alpha value is -4.61. The first-order chi connectivity index (χ1) is 24.2. The van der Waals surface area contributed by atoms with Crippen molar-refractivity contribution in [3.8, 4) is 0 Å². The molecule has 2 aliphatic carbocycles. The number of halogens is 3. The first kappa shape index (κ1) is 36.2. The number of carbonyl (C=O) groups is 5. The van der Waals surface area contributed by atoms with Crippen molar-refractivity contribution in [2.24, 2.45) is 5.92 Å². The molecule has 0 aromatic heterocycles. The molecule has 2 saturated carbocycles. The number of ether oxygens (including phenoxy) is 2. The molecule has 3 N–H and O–H groups in total. The molecule has 14 nitrogen and oxygen atoms in total. The van der Waals surface area contributed by atoms with E-state index in [1.165, 1.54) is 17.0 Å². The summed E-state index contributed by atoms with van der Waals surface area (Å²) >= 11 is 0. The maximum Gasteiger partial charge on any atom is 0.410 e. The average Bonchev–Trinajstić information content (AvgIpc) is 3.96. The number of nitrogens with one attached hydrogen (secondary N) is 3. The summed E-state index contributed by atoms with van der Waals surface area (Å²) in [6, 6.07) is -0.485. The van der Waals surface area contributed by atoms with Crippen molar-refractivity contribution in [1.29, 1.82) is 0 Å². The number of hydrogen-bond donors (Lipinski definition) is 3. The molecule has 4 bridgehead atoms. The van der Waals surface area contributed by atoms with Crippen LogP contribution < -0.4 is 15.4 Å². The van der Waals surface area contributed by atoms with Gasteiger partial charge in [0.15, 0.2) is 0 Å². The fraction of sp³-hybridized carbons (Fsp3) is 0.545. The summed E-state index contributed by atoms with van der Waals surface area (Å²) in [4.78, 5) is 69.2. The average molecular weight is 738 g/mol. The Bertz CT molecular complexity index is 1770. The molecule has 3 aliphatic heterocycles. The molecule has 1 aromatic rings. The summed E-state index contributed by atoms with van der Waals surface area (Å²) in [5.74, 6) is -4.22. The number of rotatable bonds is 8. The highest BCUT2D eigenvalue weighted by Gasteiger charge is 2.62. The topological polar surface area (TPSA) is 181 Å². The number of cyclic esters (lactones) is 1. The highest BCUT2D eigenvalue weighted by Crippen LogP contribution is 2.45. The number of hydrogen-bond acceptors (Lipinski definition) is 9. The molecule has 5 amide bonds. The first-order valence-corrected chi connectivity index (χ1v) is 18.2. The number of alkyl carbamates (subject to hydrolysis) is 1. The van der Waals surface area contributed by atoms with Crippen molar-refractivity contribution in [2.45, 2.75) is 93.4 Å².